The Morgan fingerprint density at radius 1 is 0.947 bits per heavy atom. The first-order valence-corrected chi connectivity index (χ1v) is 13.0. The molecule has 0 saturated carbocycles. The van der Waals surface area contributed by atoms with Crippen LogP contribution in [0.3, 0.4) is 0 Å². The minimum atomic E-state index is -1.01. The summed E-state index contributed by atoms with van der Waals surface area (Å²) in [4.78, 5) is 65.1. The quantitative estimate of drug-likeness (QED) is 0.256. The van der Waals surface area contributed by atoms with Gasteiger partial charge < -0.3 is 31.3 Å². The average molecular weight is 532 g/mol. The van der Waals surface area contributed by atoms with Crippen LogP contribution in [0.2, 0.25) is 0 Å². The number of nitrogens with one attached hydrogen (secondary N) is 4. The van der Waals surface area contributed by atoms with Gasteiger partial charge in [-0.3, -0.25) is 24.0 Å². The smallest absolute Gasteiger partial charge is 0.245 e. The first-order chi connectivity index (χ1) is 18.0. The molecule has 0 aliphatic carbocycles. The molecular formula is C27H41N5O6. The molecule has 1 aromatic rings. The third-order valence-electron chi connectivity index (χ3n) is 6.50. The molecule has 0 bridgehead atoms. The highest BCUT2D eigenvalue weighted by molar-refractivity contribution is 5.95. The number of nitrogens with zero attached hydrogens (tertiary/aromatic N) is 1. The second-order valence-corrected chi connectivity index (χ2v) is 10.2. The van der Waals surface area contributed by atoms with Gasteiger partial charge in [0.05, 0.1) is 6.61 Å². The van der Waals surface area contributed by atoms with Crippen LogP contribution in [0.4, 0.5) is 0 Å². The van der Waals surface area contributed by atoms with Crippen LogP contribution in [-0.4, -0.2) is 77.3 Å². The van der Waals surface area contributed by atoms with Crippen molar-refractivity contribution >= 4 is 29.5 Å². The van der Waals surface area contributed by atoms with E-state index in [1.54, 1.807) is 31.2 Å². The molecule has 210 valence electrons. The van der Waals surface area contributed by atoms with Gasteiger partial charge in [-0.25, -0.2) is 0 Å². The first kappa shape index (κ1) is 30.8. The van der Waals surface area contributed by atoms with Gasteiger partial charge in [-0.15, -0.1) is 0 Å². The van der Waals surface area contributed by atoms with Gasteiger partial charge in [0.25, 0.3) is 0 Å². The summed E-state index contributed by atoms with van der Waals surface area (Å²) in [6.07, 6.45) is 1.63. The van der Waals surface area contributed by atoms with Crippen molar-refractivity contribution < 1.29 is 29.1 Å². The Morgan fingerprint density at radius 2 is 1.58 bits per heavy atom. The molecule has 0 aromatic heterocycles. The molecule has 1 heterocycles. The van der Waals surface area contributed by atoms with Gasteiger partial charge in [0.2, 0.25) is 29.5 Å². The standard InChI is InChI=1S/C27H41N5O6/c1-16(2)13-22(30-18(4)34)27(38)32-12-6-7-23(32)26(37)31-21(25(36)29-17(3)24(35)28-5)14-19-8-10-20(15-33)11-9-19/h8-11,16-17,21-23,33H,6-7,12-15H2,1-5H3,(H,28,35)(H,29,36)(H,30,34)(H,31,37)/t17-,21-,22-,23-/m0/s1. The average Bonchev–Trinajstić information content (AvgIpc) is 3.36. The second-order valence-electron chi connectivity index (χ2n) is 10.2. The van der Waals surface area contributed by atoms with Gasteiger partial charge in [-0.05, 0) is 43.2 Å². The van der Waals surface area contributed by atoms with Gasteiger partial charge in [-0.2, -0.15) is 0 Å². The maximum Gasteiger partial charge on any atom is 0.245 e. The highest BCUT2D eigenvalue weighted by Gasteiger charge is 2.39. The number of rotatable bonds is 12. The molecular weight excluding hydrogens is 490 g/mol. The molecule has 0 unspecified atom stereocenters. The summed E-state index contributed by atoms with van der Waals surface area (Å²) in [6.45, 7) is 7.05. The molecule has 0 spiro atoms. The fourth-order valence-electron chi connectivity index (χ4n) is 4.53. The number of hydrogen-bond acceptors (Lipinski definition) is 6. The Kier molecular flexibility index (Phi) is 11.7. The molecule has 4 atom stereocenters. The molecule has 11 nitrogen and oxygen atoms in total. The minimum Gasteiger partial charge on any atom is -0.392 e. The number of aliphatic hydroxyl groups excluding tert-OH is 1. The zero-order valence-corrected chi connectivity index (χ0v) is 22.9. The summed E-state index contributed by atoms with van der Waals surface area (Å²) in [5.74, 6) is -1.87. The predicted octanol–water partition coefficient (Wildman–Crippen LogP) is -0.00130. The lowest BCUT2D eigenvalue weighted by Gasteiger charge is -2.30. The van der Waals surface area contributed by atoms with Crippen molar-refractivity contribution in [1.82, 2.24) is 26.2 Å². The maximum absolute atomic E-state index is 13.4. The molecule has 1 aliphatic heterocycles. The molecule has 1 saturated heterocycles. The van der Waals surface area contributed by atoms with Gasteiger partial charge in [0, 0.05) is 26.9 Å². The third-order valence-corrected chi connectivity index (χ3v) is 6.50. The summed E-state index contributed by atoms with van der Waals surface area (Å²) >= 11 is 0. The van der Waals surface area contributed by atoms with Crippen molar-refractivity contribution in [3.8, 4) is 0 Å². The van der Waals surface area contributed by atoms with E-state index in [0.29, 0.717) is 31.4 Å². The Hall–Kier alpha value is -3.47. The Bertz CT molecular complexity index is 996. The first-order valence-electron chi connectivity index (χ1n) is 13.0. The predicted molar refractivity (Wildman–Crippen MR) is 141 cm³/mol. The van der Waals surface area contributed by atoms with Crippen LogP contribution in [-0.2, 0) is 37.0 Å². The maximum atomic E-state index is 13.4. The van der Waals surface area contributed by atoms with Crippen LogP contribution in [0.15, 0.2) is 24.3 Å². The van der Waals surface area contributed by atoms with E-state index in [4.69, 9.17) is 0 Å². The number of likely N-dealkylation sites (N-methyl/N-ethyl adjacent to an activating group) is 1. The number of carbonyl (C=O) groups excluding carboxylic acids is 5. The molecule has 0 radical (unpaired) electrons. The zero-order valence-electron chi connectivity index (χ0n) is 22.9. The normalized spacial score (nSPS) is 17.3. The molecule has 5 amide bonds. The number of benzene rings is 1. The minimum absolute atomic E-state index is 0.119. The van der Waals surface area contributed by atoms with Crippen molar-refractivity contribution in [2.45, 2.75) is 84.2 Å². The van der Waals surface area contributed by atoms with Gasteiger partial charge in [0.15, 0.2) is 0 Å². The van der Waals surface area contributed by atoms with E-state index in [9.17, 15) is 29.1 Å². The Balaban J connectivity index is 2.23. The van der Waals surface area contributed by atoms with Gasteiger partial charge in [-0.1, -0.05) is 38.1 Å². The van der Waals surface area contributed by atoms with E-state index >= 15 is 0 Å². The Labute approximate surface area is 224 Å². The number of carbonyl (C=O) groups is 5. The van der Waals surface area contributed by atoms with E-state index in [1.807, 2.05) is 13.8 Å². The lowest BCUT2D eigenvalue weighted by Crippen LogP contribution is -2.58. The van der Waals surface area contributed by atoms with Gasteiger partial charge in [0.1, 0.15) is 24.2 Å². The van der Waals surface area contributed by atoms with E-state index in [2.05, 4.69) is 21.3 Å². The van der Waals surface area contributed by atoms with E-state index < -0.39 is 36.0 Å². The summed E-state index contributed by atoms with van der Waals surface area (Å²) in [7, 11) is 1.46. The molecule has 2 rings (SSSR count). The van der Waals surface area contributed by atoms with E-state index in [0.717, 1.165) is 5.56 Å². The van der Waals surface area contributed by atoms with Crippen molar-refractivity contribution in [3.05, 3.63) is 35.4 Å². The number of hydrogen-bond donors (Lipinski definition) is 5. The highest BCUT2D eigenvalue weighted by Crippen LogP contribution is 2.21. The summed E-state index contributed by atoms with van der Waals surface area (Å²) in [5, 5.41) is 19.9. The monoisotopic (exact) mass is 531 g/mol. The highest BCUT2D eigenvalue weighted by atomic mass is 16.3. The van der Waals surface area contributed by atoms with Crippen LogP contribution < -0.4 is 21.3 Å². The fraction of sp³-hybridized carbons (Fsp3) is 0.593. The molecule has 5 N–H and O–H groups in total. The summed E-state index contributed by atoms with van der Waals surface area (Å²) in [6, 6.07) is 3.64. The van der Waals surface area contributed by atoms with Crippen LogP contribution >= 0.6 is 0 Å². The molecule has 11 heteroatoms. The second kappa shape index (κ2) is 14.5. The largest absolute Gasteiger partial charge is 0.392 e. The number of likely N-dealkylation sites (tertiary alicyclic amines) is 1. The topological polar surface area (TPSA) is 157 Å². The number of amides is 5. The van der Waals surface area contributed by atoms with Crippen LogP contribution in [0.1, 0.15) is 58.1 Å². The van der Waals surface area contributed by atoms with Gasteiger partial charge >= 0.3 is 0 Å². The molecule has 1 aliphatic rings. The lowest BCUT2D eigenvalue weighted by molar-refractivity contribution is -0.142. The molecule has 1 aromatic carbocycles. The van der Waals surface area contributed by atoms with Crippen LogP contribution in [0.5, 0.6) is 0 Å². The van der Waals surface area contributed by atoms with Crippen LogP contribution in [0, 0.1) is 5.92 Å². The summed E-state index contributed by atoms with van der Waals surface area (Å²) in [5.41, 5.74) is 1.46. The molecule has 1 fully saturated rings. The molecule has 38 heavy (non-hydrogen) atoms. The third kappa shape index (κ3) is 8.83. The Morgan fingerprint density at radius 3 is 2.13 bits per heavy atom. The van der Waals surface area contributed by atoms with Crippen molar-refractivity contribution in [2.75, 3.05) is 13.6 Å². The van der Waals surface area contributed by atoms with E-state index in [1.165, 1.54) is 18.9 Å². The fourth-order valence-corrected chi connectivity index (χ4v) is 4.53. The van der Waals surface area contributed by atoms with Crippen molar-refractivity contribution in [1.29, 1.82) is 0 Å². The van der Waals surface area contributed by atoms with E-state index in [-0.39, 0.29) is 36.7 Å². The van der Waals surface area contributed by atoms with Crippen LogP contribution in [0.25, 0.3) is 0 Å². The van der Waals surface area contributed by atoms with Crippen molar-refractivity contribution in [2.24, 2.45) is 5.92 Å². The number of aliphatic hydroxyl groups is 1. The lowest BCUT2D eigenvalue weighted by atomic mass is 10.0. The summed E-state index contributed by atoms with van der Waals surface area (Å²) < 4.78 is 0. The SMILES string of the molecule is CNC(=O)[C@H](C)NC(=O)[C@H](Cc1ccc(CO)cc1)NC(=O)[C@@H]1CCCN1C(=O)[C@H](CC(C)C)NC(C)=O. The zero-order chi connectivity index (χ0) is 28.4. The van der Waals surface area contributed by atoms with Crippen molar-refractivity contribution in [3.63, 3.8) is 0 Å².